The van der Waals surface area contributed by atoms with Crippen molar-refractivity contribution >= 4 is 17.7 Å². The van der Waals surface area contributed by atoms with E-state index in [-0.39, 0.29) is 12.6 Å². The quantitative estimate of drug-likeness (QED) is 0.805. The molecular weight excluding hydrogens is 224 g/mol. The molecule has 2 amide bonds. The second kappa shape index (κ2) is 4.73. The number of carboxylic acids is 1. The number of carboxylic acid groups (broad SMARTS) is 1. The average molecular weight is 236 g/mol. The molecule has 1 heterocycles. The molecule has 0 aliphatic carbocycles. The van der Waals surface area contributed by atoms with Crippen LogP contribution < -0.4 is 15.0 Å². The standard InChI is InChI=1S/C11H12N2O4/c14-10(15)7-17-9-3-1-8(2-4-9)13-6-5-12-11(13)16/h1-4H,5-7H2,(H,12,16)(H,14,15). The molecule has 0 atom stereocenters. The molecular formula is C11H12N2O4. The van der Waals surface area contributed by atoms with E-state index >= 15 is 0 Å². The SMILES string of the molecule is O=C(O)COc1ccc(N2CCNC2=O)cc1. The highest BCUT2D eigenvalue weighted by atomic mass is 16.5. The first-order valence-corrected chi connectivity index (χ1v) is 5.17. The van der Waals surface area contributed by atoms with Crippen LogP contribution in [-0.4, -0.2) is 36.8 Å². The van der Waals surface area contributed by atoms with E-state index in [1.165, 1.54) is 0 Å². The Morgan fingerprint density at radius 2 is 2.12 bits per heavy atom. The van der Waals surface area contributed by atoms with Crippen LogP contribution in [0, 0.1) is 0 Å². The molecule has 17 heavy (non-hydrogen) atoms. The van der Waals surface area contributed by atoms with E-state index in [0.29, 0.717) is 18.8 Å². The molecule has 6 nitrogen and oxygen atoms in total. The molecule has 90 valence electrons. The number of amides is 2. The molecule has 0 aromatic heterocycles. The van der Waals surface area contributed by atoms with Gasteiger partial charge in [-0.05, 0) is 24.3 Å². The molecule has 0 spiro atoms. The van der Waals surface area contributed by atoms with Gasteiger partial charge in [-0.15, -0.1) is 0 Å². The molecule has 2 rings (SSSR count). The number of anilines is 1. The molecule has 1 aliphatic rings. The van der Waals surface area contributed by atoms with Crippen LogP contribution in [0.3, 0.4) is 0 Å². The van der Waals surface area contributed by atoms with Gasteiger partial charge in [0, 0.05) is 18.8 Å². The lowest BCUT2D eigenvalue weighted by molar-refractivity contribution is -0.139. The number of urea groups is 1. The maximum Gasteiger partial charge on any atom is 0.341 e. The zero-order valence-corrected chi connectivity index (χ0v) is 9.05. The third kappa shape index (κ3) is 2.66. The molecule has 0 saturated carbocycles. The number of ether oxygens (including phenoxy) is 1. The minimum Gasteiger partial charge on any atom is -0.482 e. The predicted molar refractivity (Wildman–Crippen MR) is 60.3 cm³/mol. The maximum absolute atomic E-state index is 11.4. The van der Waals surface area contributed by atoms with Crippen LogP contribution in [0.1, 0.15) is 0 Å². The van der Waals surface area contributed by atoms with Gasteiger partial charge in [0.15, 0.2) is 6.61 Å². The van der Waals surface area contributed by atoms with Gasteiger partial charge in [0.05, 0.1) is 0 Å². The van der Waals surface area contributed by atoms with Gasteiger partial charge in [0.2, 0.25) is 0 Å². The number of carbonyl (C=O) groups excluding carboxylic acids is 1. The van der Waals surface area contributed by atoms with Crippen LogP contribution in [0.2, 0.25) is 0 Å². The first kappa shape index (κ1) is 11.3. The summed E-state index contributed by atoms with van der Waals surface area (Å²) < 4.78 is 4.99. The number of nitrogens with zero attached hydrogens (tertiary/aromatic N) is 1. The lowest BCUT2D eigenvalue weighted by atomic mass is 10.3. The van der Waals surface area contributed by atoms with Crippen molar-refractivity contribution in [2.45, 2.75) is 0 Å². The normalized spacial score (nSPS) is 14.6. The predicted octanol–water partition coefficient (Wildman–Crippen LogP) is 0.680. The van der Waals surface area contributed by atoms with Crippen molar-refractivity contribution in [1.82, 2.24) is 5.32 Å². The number of hydrogen-bond donors (Lipinski definition) is 2. The second-order valence-electron chi connectivity index (χ2n) is 3.56. The van der Waals surface area contributed by atoms with Gasteiger partial charge in [0.25, 0.3) is 0 Å². The Labute approximate surface area is 97.8 Å². The van der Waals surface area contributed by atoms with Crippen LogP contribution in [0.15, 0.2) is 24.3 Å². The van der Waals surface area contributed by atoms with Gasteiger partial charge < -0.3 is 15.2 Å². The Kier molecular flexibility index (Phi) is 3.13. The number of aliphatic carboxylic acids is 1. The fourth-order valence-electron chi connectivity index (χ4n) is 1.59. The van der Waals surface area contributed by atoms with Crippen LogP contribution in [0.5, 0.6) is 5.75 Å². The fraction of sp³-hybridized carbons (Fsp3) is 0.273. The number of carbonyl (C=O) groups is 2. The molecule has 0 unspecified atom stereocenters. The van der Waals surface area contributed by atoms with Crippen LogP contribution >= 0.6 is 0 Å². The highest BCUT2D eigenvalue weighted by Crippen LogP contribution is 2.20. The topological polar surface area (TPSA) is 78.9 Å². The van der Waals surface area contributed by atoms with Gasteiger partial charge in [-0.2, -0.15) is 0 Å². The zero-order valence-electron chi connectivity index (χ0n) is 9.05. The van der Waals surface area contributed by atoms with Crippen molar-refractivity contribution < 1.29 is 19.4 Å². The Morgan fingerprint density at radius 1 is 1.41 bits per heavy atom. The third-order valence-corrected chi connectivity index (χ3v) is 2.37. The zero-order chi connectivity index (χ0) is 12.3. The average Bonchev–Trinajstić information content (AvgIpc) is 2.73. The number of nitrogens with one attached hydrogen (secondary N) is 1. The van der Waals surface area contributed by atoms with Crippen molar-refractivity contribution in [1.29, 1.82) is 0 Å². The van der Waals surface area contributed by atoms with Crippen LogP contribution in [-0.2, 0) is 4.79 Å². The molecule has 2 N–H and O–H groups in total. The first-order valence-electron chi connectivity index (χ1n) is 5.17. The van der Waals surface area contributed by atoms with Crippen molar-refractivity contribution in [3.05, 3.63) is 24.3 Å². The van der Waals surface area contributed by atoms with E-state index in [9.17, 15) is 9.59 Å². The highest BCUT2D eigenvalue weighted by Gasteiger charge is 2.20. The minimum absolute atomic E-state index is 0.121. The largest absolute Gasteiger partial charge is 0.482 e. The first-order chi connectivity index (χ1) is 8.16. The minimum atomic E-state index is -1.02. The van der Waals surface area contributed by atoms with E-state index in [1.807, 2.05) is 0 Å². The lowest BCUT2D eigenvalue weighted by Gasteiger charge is -2.14. The van der Waals surface area contributed by atoms with Crippen LogP contribution in [0.4, 0.5) is 10.5 Å². The summed E-state index contributed by atoms with van der Waals surface area (Å²) in [6.07, 6.45) is 0. The van der Waals surface area contributed by atoms with Crippen molar-refractivity contribution in [2.75, 3.05) is 24.6 Å². The molecule has 1 saturated heterocycles. The van der Waals surface area contributed by atoms with Gasteiger partial charge in [-0.3, -0.25) is 4.90 Å². The van der Waals surface area contributed by atoms with E-state index in [2.05, 4.69) is 5.32 Å². The molecule has 0 bridgehead atoms. The lowest BCUT2D eigenvalue weighted by Crippen LogP contribution is -2.27. The summed E-state index contributed by atoms with van der Waals surface area (Å²) in [5, 5.41) is 11.2. The molecule has 1 aliphatic heterocycles. The molecule has 1 aromatic carbocycles. The van der Waals surface area contributed by atoms with Gasteiger partial charge in [-0.1, -0.05) is 0 Å². The van der Waals surface area contributed by atoms with E-state index in [0.717, 1.165) is 5.69 Å². The number of rotatable bonds is 4. The van der Waals surface area contributed by atoms with Crippen molar-refractivity contribution in [2.24, 2.45) is 0 Å². The van der Waals surface area contributed by atoms with Crippen molar-refractivity contribution in [3.8, 4) is 5.75 Å². The Morgan fingerprint density at radius 3 is 2.65 bits per heavy atom. The summed E-state index contributed by atoms with van der Waals surface area (Å²) >= 11 is 0. The summed E-state index contributed by atoms with van der Waals surface area (Å²) in [4.78, 5) is 23.3. The monoisotopic (exact) mass is 236 g/mol. The molecule has 1 fully saturated rings. The van der Waals surface area contributed by atoms with Crippen LogP contribution in [0.25, 0.3) is 0 Å². The molecule has 6 heteroatoms. The molecule has 1 aromatic rings. The molecule has 0 radical (unpaired) electrons. The van der Waals surface area contributed by atoms with Gasteiger partial charge in [0.1, 0.15) is 5.75 Å². The number of benzene rings is 1. The maximum atomic E-state index is 11.4. The summed E-state index contributed by atoms with van der Waals surface area (Å²) in [5.41, 5.74) is 0.766. The Hall–Kier alpha value is -2.24. The highest BCUT2D eigenvalue weighted by molar-refractivity contribution is 5.94. The summed E-state index contributed by atoms with van der Waals surface area (Å²) in [5.74, 6) is -0.552. The summed E-state index contributed by atoms with van der Waals surface area (Å²) in [6, 6.07) is 6.61. The summed E-state index contributed by atoms with van der Waals surface area (Å²) in [6.45, 7) is 0.897. The van der Waals surface area contributed by atoms with E-state index in [4.69, 9.17) is 9.84 Å². The smallest absolute Gasteiger partial charge is 0.341 e. The van der Waals surface area contributed by atoms with Gasteiger partial charge >= 0.3 is 12.0 Å². The van der Waals surface area contributed by atoms with Crippen molar-refractivity contribution in [3.63, 3.8) is 0 Å². The summed E-state index contributed by atoms with van der Waals surface area (Å²) in [7, 11) is 0. The Bertz CT molecular complexity index is 430. The number of hydrogen-bond acceptors (Lipinski definition) is 3. The third-order valence-electron chi connectivity index (χ3n) is 2.37. The fourth-order valence-corrected chi connectivity index (χ4v) is 1.59. The van der Waals surface area contributed by atoms with Gasteiger partial charge in [-0.25, -0.2) is 9.59 Å². The van der Waals surface area contributed by atoms with E-state index < -0.39 is 5.97 Å². The Balaban J connectivity index is 2.02. The van der Waals surface area contributed by atoms with E-state index in [1.54, 1.807) is 29.2 Å². The second-order valence-corrected chi connectivity index (χ2v) is 3.56.